The van der Waals surface area contributed by atoms with Crippen molar-refractivity contribution in [1.29, 1.82) is 0 Å². The number of imidazole rings is 2. The molecule has 0 fully saturated rings. The van der Waals surface area contributed by atoms with Crippen molar-refractivity contribution in [3.05, 3.63) is 95.6 Å². The summed E-state index contributed by atoms with van der Waals surface area (Å²) in [7, 11) is 1.88. The van der Waals surface area contributed by atoms with Crippen molar-refractivity contribution in [2.75, 3.05) is 0 Å². The van der Waals surface area contributed by atoms with Crippen molar-refractivity contribution in [3.8, 4) is 11.4 Å². The minimum atomic E-state index is -0.526. The first kappa shape index (κ1) is 21.1. The first-order valence-corrected chi connectivity index (χ1v) is 11.3. The van der Waals surface area contributed by atoms with Gasteiger partial charge in [0.2, 0.25) is 0 Å². The molecular formula is C26H26FN5O. The molecule has 1 N–H and O–H groups in total. The van der Waals surface area contributed by atoms with Gasteiger partial charge >= 0.3 is 0 Å². The number of nitrogens with one attached hydrogen (secondary N) is 1. The van der Waals surface area contributed by atoms with Crippen LogP contribution in [0.15, 0.2) is 67.0 Å². The van der Waals surface area contributed by atoms with Crippen LogP contribution in [0.25, 0.3) is 11.4 Å². The fourth-order valence-corrected chi connectivity index (χ4v) is 4.52. The largest absolute Gasteiger partial charge is 0.337 e. The monoisotopic (exact) mass is 443 g/mol. The number of carbonyl (C=O) groups is 1. The normalized spacial score (nSPS) is 14.4. The average Bonchev–Trinajstić information content (AvgIpc) is 3.33. The Balaban J connectivity index is 1.55. The summed E-state index contributed by atoms with van der Waals surface area (Å²) in [4.78, 5) is 22.9. The Morgan fingerprint density at radius 1 is 1.06 bits per heavy atom. The number of benzene rings is 2. The standard InChI is InChI=1S/C26H26FN5O/c1-31-17-15-28-25(31)22(18-11-13-20(27)14-12-18)30-26(33)23-21-10-6-3-7-16-32(21)24(29-23)19-8-4-2-5-9-19/h2,4-5,8-9,11-15,17,22H,3,6-7,10,16H2,1H3,(H,30,33). The summed E-state index contributed by atoms with van der Waals surface area (Å²) in [6, 6.07) is 15.6. The van der Waals surface area contributed by atoms with Gasteiger partial charge in [-0.1, -0.05) is 48.9 Å². The lowest BCUT2D eigenvalue weighted by atomic mass is 10.1. The van der Waals surface area contributed by atoms with E-state index >= 15 is 0 Å². The third kappa shape index (κ3) is 4.18. The molecule has 3 heterocycles. The second-order valence-corrected chi connectivity index (χ2v) is 8.41. The van der Waals surface area contributed by atoms with Gasteiger partial charge < -0.3 is 14.5 Å². The van der Waals surface area contributed by atoms with Gasteiger partial charge in [0.15, 0.2) is 0 Å². The van der Waals surface area contributed by atoms with E-state index in [0.717, 1.165) is 54.9 Å². The maximum atomic E-state index is 13.6. The van der Waals surface area contributed by atoms with Crippen LogP contribution in [-0.4, -0.2) is 25.0 Å². The number of fused-ring (bicyclic) bond motifs is 1. The number of rotatable bonds is 5. The van der Waals surface area contributed by atoms with E-state index in [0.29, 0.717) is 11.5 Å². The molecule has 5 rings (SSSR count). The lowest BCUT2D eigenvalue weighted by Gasteiger charge is -2.19. The first-order valence-electron chi connectivity index (χ1n) is 11.3. The summed E-state index contributed by atoms with van der Waals surface area (Å²) in [6.07, 6.45) is 7.55. The molecule has 0 radical (unpaired) electrons. The average molecular weight is 444 g/mol. The number of halogens is 1. The summed E-state index contributed by atoms with van der Waals surface area (Å²) in [5, 5.41) is 3.13. The molecule has 1 aliphatic heterocycles. The first-order chi connectivity index (χ1) is 16.1. The molecule has 7 heteroatoms. The van der Waals surface area contributed by atoms with Gasteiger partial charge in [0.1, 0.15) is 29.2 Å². The summed E-state index contributed by atoms with van der Waals surface area (Å²) >= 11 is 0. The van der Waals surface area contributed by atoms with Gasteiger partial charge in [-0.25, -0.2) is 14.4 Å². The number of carbonyl (C=O) groups excluding carboxylic acids is 1. The number of amides is 1. The van der Waals surface area contributed by atoms with Gasteiger partial charge in [-0.2, -0.15) is 0 Å². The van der Waals surface area contributed by atoms with E-state index in [2.05, 4.69) is 14.9 Å². The van der Waals surface area contributed by atoms with Crippen LogP contribution >= 0.6 is 0 Å². The molecule has 6 nitrogen and oxygen atoms in total. The zero-order valence-corrected chi connectivity index (χ0v) is 18.5. The van der Waals surface area contributed by atoms with Crippen LogP contribution in [0.3, 0.4) is 0 Å². The van der Waals surface area contributed by atoms with Gasteiger partial charge in [-0.3, -0.25) is 4.79 Å². The van der Waals surface area contributed by atoms with Crippen LogP contribution in [-0.2, 0) is 20.0 Å². The number of aromatic nitrogens is 4. The highest BCUT2D eigenvalue weighted by Gasteiger charge is 2.28. The number of hydrogen-bond donors (Lipinski definition) is 1. The van der Waals surface area contributed by atoms with Gasteiger partial charge in [0, 0.05) is 31.5 Å². The highest BCUT2D eigenvalue weighted by atomic mass is 19.1. The topological polar surface area (TPSA) is 64.7 Å². The van der Waals surface area contributed by atoms with Crippen molar-refractivity contribution >= 4 is 5.91 Å². The zero-order valence-electron chi connectivity index (χ0n) is 18.5. The maximum Gasteiger partial charge on any atom is 0.272 e. The van der Waals surface area contributed by atoms with E-state index in [9.17, 15) is 9.18 Å². The zero-order chi connectivity index (χ0) is 22.8. The van der Waals surface area contributed by atoms with Crippen molar-refractivity contribution < 1.29 is 9.18 Å². The van der Waals surface area contributed by atoms with Crippen LogP contribution in [0.2, 0.25) is 0 Å². The number of hydrogen-bond acceptors (Lipinski definition) is 3. The highest BCUT2D eigenvalue weighted by molar-refractivity contribution is 5.94. The third-order valence-corrected chi connectivity index (χ3v) is 6.21. The molecule has 1 atom stereocenters. The maximum absolute atomic E-state index is 13.6. The molecule has 168 valence electrons. The highest BCUT2D eigenvalue weighted by Crippen LogP contribution is 2.28. The fourth-order valence-electron chi connectivity index (χ4n) is 4.52. The Kier molecular flexibility index (Phi) is 5.77. The van der Waals surface area contributed by atoms with Crippen molar-refractivity contribution in [1.82, 2.24) is 24.4 Å². The number of aryl methyl sites for hydroxylation is 1. The Hall–Kier alpha value is -3.74. The van der Waals surface area contributed by atoms with Crippen LogP contribution in [0, 0.1) is 5.82 Å². The molecule has 0 bridgehead atoms. The Bertz CT molecular complexity index is 1260. The SMILES string of the molecule is Cn1ccnc1C(NC(=O)c1nc(-c2ccccc2)n2c1CCCCC2)c1ccc(F)cc1. The van der Waals surface area contributed by atoms with E-state index in [-0.39, 0.29) is 11.7 Å². The number of nitrogens with zero attached hydrogens (tertiary/aromatic N) is 4. The molecule has 1 amide bonds. The van der Waals surface area contributed by atoms with Gasteiger partial charge in [0.25, 0.3) is 5.91 Å². The van der Waals surface area contributed by atoms with E-state index in [1.165, 1.54) is 12.1 Å². The molecule has 0 spiro atoms. The quantitative estimate of drug-likeness (QED) is 0.488. The van der Waals surface area contributed by atoms with Gasteiger partial charge in [-0.15, -0.1) is 0 Å². The minimum Gasteiger partial charge on any atom is -0.337 e. The van der Waals surface area contributed by atoms with E-state index in [4.69, 9.17) is 4.98 Å². The molecule has 0 aliphatic carbocycles. The lowest BCUT2D eigenvalue weighted by molar-refractivity contribution is 0.0935. The smallest absolute Gasteiger partial charge is 0.272 e. The van der Waals surface area contributed by atoms with Crippen LogP contribution in [0.5, 0.6) is 0 Å². The van der Waals surface area contributed by atoms with Crippen LogP contribution in [0.1, 0.15) is 52.9 Å². The summed E-state index contributed by atoms with van der Waals surface area (Å²) in [5.41, 5.74) is 3.19. The predicted octanol–water partition coefficient (Wildman–Crippen LogP) is 4.67. The summed E-state index contributed by atoms with van der Waals surface area (Å²) in [6.45, 7) is 0.848. The second-order valence-electron chi connectivity index (χ2n) is 8.41. The molecule has 33 heavy (non-hydrogen) atoms. The molecule has 0 saturated heterocycles. The molecule has 2 aromatic carbocycles. The Morgan fingerprint density at radius 3 is 2.58 bits per heavy atom. The molecule has 1 aliphatic rings. The molecule has 4 aromatic rings. The van der Waals surface area contributed by atoms with Gasteiger partial charge in [-0.05, 0) is 37.0 Å². The van der Waals surface area contributed by atoms with Crippen LogP contribution in [0.4, 0.5) is 4.39 Å². The summed E-state index contributed by atoms with van der Waals surface area (Å²) < 4.78 is 17.6. The van der Waals surface area contributed by atoms with E-state index < -0.39 is 6.04 Å². The summed E-state index contributed by atoms with van der Waals surface area (Å²) in [5.74, 6) is 0.923. The Morgan fingerprint density at radius 2 is 1.85 bits per heavy atom. The lowest BCUT2D eigenvalue weighted by Crippen LogP contribution is -2.32. The van der Waals surface area contributed by atoms with E-state index in [1.54, 1.807) is 18.3 Å². The van der Waals surface area contributed by atoms with Crippen molar-refractivity contribution in [2.45, 2.75) is 38.3 Å². The van der Waals surface area contributed by atoms with Gasteiger partial charge in [0.05, 0.1) is 5.69 Å². The molecular weight excluding hydrogens is 417 g/mol. The Labute approximate surface area is 192 Å². The molecule has 1 unspecified atom stereocenters. The third-order valence-electron chi connectivity index (χ3n) is 6.21. The fraction of sp³-hybridized carbons (Fsp3) is 0.269. The van der Waals surface area contributed by atoms with E-state index in [1.807, 2.05) is 48.1 Å². The van der Waals surface area contributed by atoms with Crippen molar-refractivity contribution in [2.24, 2.45) is 7.05 Å². The molecule has 2 aromatic heterocycles. The minimum absolute atomic E-state index is 0.250. The van der Waals surface area contributed by atoms with Crippen LogP contribution < -0.4 is 5.32 Å². The predicted molar refractivity (Wildman–Crippen MR) is 124 cm³/mol. The van der Waals surface area contributed by atoms with Crippen molar-refractivity contribution in [3.63, 3.8) is 0 Å². The molecule has 0 saturated carbocycles. The second kappa shape index (κ2) is 9.02.